The highest BCUT2D eigenvalue weighted by molar-refractivity contribution is 5.78. The van der Waals surface area contributed by atoms with Crippen molar-refractivity contribution < 1.29 is 14.3 Å². The summed E-state index contributed by atoms with van der Waals surface area (Å²) in [4.78, 5) is 18.2. The van der Waals surface area contributed by atoms with E-state index >= 15 is 0 Å². The van der Waals surface area contributed by atoms with Gasteiger partial charge in [-0.15, -0.1) is 0 Å². The van der Waals surface area contributed by atoms with Gasteiger partial charge in [-0.05, 0) is 43.7 Å². The number of hydrogen-bond donors (Lipinski definition) is 0. The summed E-state index contributed by atoms with van der Waals surface area (Å²) >= 11 is 0. The molecule has 0 bridgehead atoms. The molecule has 7 heteroatoms. The average Bonchev–Trinajstić information content (AvgIpc) is 3.27. The average molecular weight is 380 g/mol. The first-order chi connectivity index (χ1) is 13.6. The number of aromatic nitrogens is 3. The maximum atomic E-state index is 12.6. The van der Waals surface area contributed by atoms with Crippen molar-refractivity contribution in [1.82, 2.24) is 19.7 Å². The molecule has 1 amide bonds. The van der Waals surface area contributed by atoms with Crippen LogP contribution in [-0.4, -0.2) is 45.8 Å². The van der Waals surface area contributed by atoms with Crippen molar-refractivity contribution in [3.05, 3.63) is 66.7 Å². The van der Waals surface area contributed by atoms with Crippen molar-refractivity contribution in [3.63, 3.8) is 0 Å². The lowest BCUT2D eigenvalue weighted by molar-refractivity contribution is -0.134. The summed E-state index contributed by atoms with van der Waals surface area (Å²) in [5, 5.41) is 4.11. The van der Waals surface area contributed by atoms with Crippen molar-refractivity contribution in [1.29, 1.82) is 0 Å². The van der Waals surface area contributed by atoms with Crippen LogP contribution in [0.5, 0.6) is 11.5 Å². The molecule has 146 valence electrons. The number of rotatable bonds is 8. The van der Waals surface area contributed by atoms with Gasteiger partial charge in [0.25, 0.3) is 5.91 Å². The van der Waals surface area contributed by atoms with E-state index in [2.05, 4.69) is 10.1 Å². The van der Waals surface area contributed by atoms with Gasteiger partial charge >= 0.3 is 0 Å². The number of amides is 1. The standard InChI is InChI=1S/C21H24N4O3/c1-4-27-19-7-5-6-8-20(19)28-13-21(26)24(3)16(2)17-9-11-18(12-10-17)25-15-22-14-23-25/h5-12,14-16H,4,13H2,1-3H3. The van der Waals surface area contributed by atoms with Crippen LogP contribution in [0.3, 0.4) is 0 Å². The number of nitrogens with zero attached hydrogens (tertiary/aromatic N) is 4. The van der Waals surface area contributed by atoms with Gasteiger partial charge in [0.2, 0.25) is 0 Å². The fourth-order valence-electron chi connectivity index (χ4n) is 2.77. The summed E-state index contributed by atoms with van der Waals surface area (Å²) in [6, 6.07) is 15.1. The minimum Gasteiger partial charge on any atom is -0.490 e. The molecular weight excluding hydrogens is 356 g/mol. The Balaban J connectivity index is 1.61. The van der Waals surface area contributed by atoms with Gasteiger partial charge in [-0.25, -0.2) is 9.67 Å². The molecule has 0 saturated carbocycles. The van der Waals surface area contributed by atoms with Gasteiger partial charge < -0.3 is 14.4 Å². The molecule has 1 atom stereocenters. The lowest BCUT2D eigenvalue weighted by Gasteiger charge is -2.25. The van der Waals surface area contributed by atoms with Crippen LogP contribution in [0.15, 0.2) is 61.2 Å². The number of carbonyl (C=O) groups excluding carboxylic acids is 1. The number of benzene rings is 2. The van der Waals surface area contributed by atoms with Crippen LogP contribution in [0, 0.1) is 0 Å². The lowest BCUT2D eigenvalue weighted by atomic mass is 10.1. The summed E-state index contributed by atoms with van der Waals surface area (Å²) in [6.45, 7) is 4.37. The van der Waals surface area contributed by atoms with Crippen molar-refractivity contribution in [2.75, 3.05) is 20.3 Å². The third-order valence-corrected chi connectivity index (χ3v) is 4.53. The molecule has 3 aromatic rings. The Hall–Kier alpha value is -3.35. The number of para-hydroxylation sites is 2. The molecule has 3 rings (SSSR count). The first-order valence-electron chi connectivity index (χ1n) is 9.15. The second-order valence-electron chi connectivity index (χ2n) is 6.28. The molecule has 1 unspecified atom stereocenters. The predicted molar refractivity (Wildman–Crippen MR) is 106 cm³/mol. The molecule has 28 heavy (non-hydrogen) atoms. The van der Waals surface area contributed by atoms with Crippen LogP contribution in [0.4, 0.5) is 0 Å². The van der Waals surface area contributed by atoms with Crippen molar-refractivity contribution in [2.24, 2.45) is 0 Å². The van der Waals surface area contributed by atoms with Crippen LogP contribution in [0.25, 0.3) is 5.69 Å². The second-order valence-corrected chi connectivity index (χ2v) is 6.28. The van der Waals surface area contributed by atoms with Crippen molar-refractivity contribution >= 4 is 5.91 Å². The summed E-state index contributed by atoms with van der Waals surface area (Å²) in [6.07, 6.45) is 3.14. The topological polar surface area (TPSA) is 69.5 Å². The summed E-state index contributed by atoms with van der Waals surface area (Å²) in [7, 11) is 1.77. The van der Waals surface area contributed by atoms with Gasteiger partial charge in [0, 0.05) is 7.05 Å². The molecule has 0 aliphatic heterocycles. The highest BCUT2D eigenvalue weighted by Gasteiger charge is 2.18. The van der Waals surface area contributed by atoms with Gasteiger partial charge in [0.05, 0.1) is 18.3 Å². The molecule has 1 aromatic heterocycles. The Labute approximate surface area is 164 Å². The van der Waals surface area contributed by atoms with Crippen LogP contribution in [-0.2, 0) is 4.79 Å². The predicted octanol–water partition coefficient (Wildman–Crippen LogP) is 3.26. The van der Waals surface area contributed by atoms with Gasteiger partial charge in [-0.3, -0.25) is 4.79 Å². The molecule has 0 aliphatic carbocycles. The highest BCUT2D eigenvalue weighted by atomic mass is 16.5. The lowest BCUT2D eigenvalue weighted by Crippen LogP contribution is -2.33. The van der Waals surface area contributed by atoms with E-state index in [1.165, 1.54) is 6.33 Å². The smallest absolute Gasteiger partial charge is 0.260 e. The zero-order valence-electron chi connectivity index (χ0n) is 16.3. The number of hydrogen-bond acceptors (Lipinski definition) is 5. The Morgan fingerprint density at radius 1 is 1.11 bits per heavy atom. The van der Waals surface area contributed by atoms with Crippen LogP contribution >= 0.6 is 0 Å². The molecule has 7 nitrogen and oxygen atoms in total. The maximum Gasteiger partial charge on any atom is 0.260 e. The SMILES string of the molecule is CCOc1ccccc1OCC(=O)N(C)C(C)c1ccc(-n2cncn2)cc1. The molecule has 0 spiro atoms. The Morgan fingerprint density at radius 2 is 1.79 bits per heavy atom. The fourth-order valence-corrected chi connectivity index (χ4v) is 2.77. The summed E-state index contributed by atoms with van der Waals surface area (Å²) in [5.74, 6) is 1.09. The van der Waals surface area contributed by atoms with Crippen molar-refractivity contribution in [2.45, 2.75) is 19.9 Å². The minimum absolute atomic E-state index is 0.0536. The normalized spacial score (nSPS) is 11.7. The number of ether oxygens (including phenoxy) is 2. The molecular formula is C21H24N4O3. The van der Waals surface area contributed by atoms with Crippen LogP contribution in [0.1, 0.15) is 25.5 Å². The third-order valence-electron chi connectivity index (χ3n) is 4.53. The van der Waals surface area contributed by atoms with Gasteiger partial charge in [-0.1, -0.05) is 24.3 Å². The van der Waals surface area contributed by atoms with E-state index in [4.69, 9.17) is 9.47 Å². The Morgan fingerprint density at radius 3 is 2.39 bits per heavy atom. The van der Waals surface area contributed by atoms with Crippen LogP contribution in [0.2, 0.25) is 0 Å². The van der Waals surface area contributed by atoms with Gasteiger partial charge in [0.1, 0.15) is 12.7 Å². The summed E-state index contributed by atoms with van der Waals surface area (Å²) in [5.41, 5.74) is 1.94. The molecule has 0 aliphatic rings. The summed E-state index contributed by atoms with van der Waals surface area (Å²) < 4.78 is 12.9. The Bertz CT molecular complexity index is 894. The van der Waals surface area contributed by atoms with E-state index in [0.717, 1.165) is 11.3 Å². The second kappa shape index (κ2) is 9.03. The maximum absolute atomic E-state index is 12.6. The van der Waals surface area contributed by atoms with Crippen molar-refractivity contribution in [3.8, 4) is 17.2 Å². The quantitative estimate of drug-likeness (QED) is 0.600. The monoisotopic (exact) mass is 380 g/mol. The van der Waals surface area contributed by atoms with E-state index in [9.17, 15) is 4.79 Å². The zero-order chi connectivity index (χ0) is 19.9. The van der Waals surface area contributed by atoms with Crippen LogP contribution < -0.4 is 9.47 Å². The molecule has 0 N–H and O–H groups in total. The molecule has 0 radical (unpaired) electrons. The highest BCUT2D eigenvalue weighted by Crippen LogP contribution is 2.27. The number of carbonyl (C=O) groups is 1. The first kappa shape index (κ1) is 19.4. The van der Waals surface area contributed by atoms with E-state index in [0.29, 0.717) is 18.1 Å². The first-order valence-corrected chi connectivity index (χ1v) is 9.15. The fraction of sp³-hybridized carbons (Fsp3) is 0.286. The van der Waals surface area contributed by atoms with E-state index in [-0.39, 0.29) is 18.6 Å². The Kier molecular flexibility index (Phi) is 6.26. The molecule has 0 saturated heterocycles. The number of likely N-dealkylation sites (N-methyl/N-ethyl adjacent to an activating group) is 1. The zero-order valence-corrected chi connectivity index (χ0v) is 16.3. The molecule has 0 fully saturated rings. The third kappa shape index (κ3) is 4.49. The minimum atomic E-state index is -0.112. The molecule has 2 aromatic carbocycles. The van der Waals surface area contributed by atoms with E-state index in [1.807, 2.05) is 56.3 Å². The van der Waals surface area contributed by atoms with Gasteiger partial charge in [0.15, 0.2) is 18.1 Å². The van der Waals surface area contributed by atoms with E-state index in [1.54, 1.807) is 29.0 Å². The molecule has 1 heterocycles. The van der Waals surface area contributed by atoms with E-state index < -0.39 is 0 Å². The largest absolute Gasteiger partial charge is 0.490 e. The van der Waals surface area contributed by atoms with Gasteiger partial charge in [-0.2, -0.15) is 5.10 Å².